The summed E-state index contributed by atoms with van der Waals surface area (Å²) in [6.45, 7) is 2.57. The van der Waals surface area contributed by atoms with Crippen LogP contribution >= 0.6 is 0 Å². The van der Waals surface area contributed by atoms with E-state index in [1.54, 1.807) is 0 Å². The monoisotopic (exact) mass is 203 g/mol. The van der Waals surface area contributed by atoms with E-state index in [2.05, 4.69) is 0 Å². The zero-order chi connectivity index (χ0) is 9.28. The van der Waals surface area contributed by atoms with E-state index >= 15 is 0 Å². The van der Waals surface area contributed by atoms with Gasteiger partial charge in [0.25, 0.3) is 0 Å². The van der Waals surface area contributed by atoms with Crippen LogP contribution in [0.25, 0.3) is 0 Å². The molecule has 8 heteroatoms. The summed E-state index contributed by atoms with van der Waals surface area (Å²) in [6.07, 6.45) is 0. The van der Waals surface area contributed by atoms with Crippen molar-refractivity contribution in [1.29, 1.82) is 0 Å². The molecule has 0 bridgehead atoms. The lowest BCUT2D eigenvalue weighted by Crippen LogP contribution is -2.35. The molecule has 0 aromatic rings. The molecule has 2 N–H and O–H groups in total. The van der Waals surface area contributed by atoms with Crippen LogP contribution in [-0.4, -0.2) is 26.6 Å². The van der Waals surface area contributed by atoms with Crippen LogP contribution in [0, 0.1) is 0 Å². The molecular formula is C3H9NO5S2. The van der Waals surface area contributed by atoms with Crippen molar-refractivity contribution in [3.8, 4) is 0 Å². The molecule has 0 aliphatic rings. The first-order chi connectivity index (χ1) is 4.65. The summed E-state index contributed by atoms with van der Waals surface area (Å²) in [5.41, 5.74) is 0. The van der Waals surface area contributed by atoms with Gasteiger partial charge >= 0.3 is 10.3 Å². The van der Waals surface area contributed by atoms with Gasteiger partial charge in [-0.3, -0.25) is 4.55 Å². The number of nitrogens with one attached hydrogen (secondary N) is 1. The fourth-order valence-electron chi connectivity index (χ4n) is 0.243. The van der Waals surface area contributed by atoms with E-state index in [1.807, 2.05) is 0 Å². The normalized spacial score (nSPS) is 13.8. The van der Waals surface area contributed by atoms with Gasteiger partial charge < -0.3 is 0 Å². The van der Waals surface area contributed by atoms with Crippen molar-refractivity contribution >= 4 is 20.3 Å². The van der Waals surface area contributed by atoms with Gasteiger partial charge in [-0.05, 0) is 13.8 Å². The first kappa shape index (κ1) is 10.8. The number of hydrogen-bond acceptors (Lipinski definition) is 4. The van der Waals surface area contributed by atoms with Crippen molar-refractivity contribution in [3.05, 3.63) is 0 Å². The van der Waals surface area contributed by atoms with Crippen molar-refractivity contribution in [1.82, 2.24) is 4.13 Å². The Bertz CT molecular complexity index is 312. The second-order valence-corrected chi connectivity index (χ2v) is 5.80. The predicted octanol–water partition coefficient (Wildman–Crippen LogP) is -0.883. The topological polar surface area (TPSA) is 101 Å². The van der Waals surface area contributed by atoms with Crippen molar-refractivity contribution in [2.24, 2.45) is 0 Å². The third-order valence-electron chi connectivity index (χ3n) is 0.842. The Balaban J connectivity index is 4.68. The molecule has 0 radical (unpaired) electrons. The molecule has 0 aromatic carbocycles. The smallest absolute Gasteiger partial charge is 0.273 e. The van der Waals surface area contributed by atoms with Crippen LogP contribution in [0.5, 0.6) is 0 Å². The highest BCUT2D eigenvalue weighted by atomic mass is 32.3. The maximum absolute atomic E-state index is 10.7. The lowest BCUT2D eigenvalue weighted by molar-refractivity contribution is 0.477. The molecule has 0 amide bonds. The summed E-state index contributed by atoms with van der Waals surface area (Å²) in [4.78, 5) is 0. The first-order valence-electron chi connectivity index (χ1n) is 2.65. The van der Waals surface area contributed by atoms with Crippen molar-refractivity contribution in [2.45, 2.75) is 19.1 Å². The molecule has 0 saturated heterocycles. The maximum Gasteiger partial charge on any atom is 0.346 e. The summed E-state index contributed by atoms with van der Waals surface area (Å²) in [5.74, 6) is 0. The SMILES string of the molecule is CC(C)S(=O)(=O)NS(=O)(=O)O. The van der Waals surface area contributed by atoms with Gasteiger partial charge in [0.2, 0.25) is 10.0 Å². The Morgan fingerprint density at radius 3 is 1.64 bits per heavy atom. The number of rotatable bonds is 3. The molecule has 0 unspecified atom stereocenters. The average molecular weight is 203 g/mol. The molecule has 11 heavy (non-hydrogen) atoms. The summed E-state index contributed by atoms with van der Waals surface area (Å²) >= 11 is 0. The zero-order valence-corrected chi connectivity index (χ0v) is 7.61. The van der Waals surface area contributed by atoms with Crippen LogP contribution in [0.2, 0.25) is 0 Å². The second-order valence-electron chi connectivity index (χ2n) is 2.15. The van der Waals surface area contributed by atoms with Crippen LogP contribution in [0.1, 0.15) is 13.8 Å². The van der Waals surface area contributed by atoms with Crippen molar-refractivity contribution in [2.75, 3.05) is 0 Å². The van der Waals surface area contributed by atoms with Crippen molar-refractivity contribution in [3.63, 3.8) is 0 Å². The molecule has 0 aromatic heterocycles. The zero-order valence-electron chi connectivity index (χ0n) is 5.97. The highest BCUT2D eigenvalue weighted by Crippen LogP contribution is 1.96. The molecular weight excluding hydrogens is 194 g/mol. The summed E-state index contributed by atoms with van der Waals surface area (Å²) in [5, 5.41) is -0.899. The van der Waals surface area contributed by atoms with E-state index in [0.29, 0.717) is 0 Å². The number of sulfonamides is 1. The maximum atomic E-state index is 10.7. The van der Waals surface area contributed by atoms with Gasteiger partial charge in [0.15, 0.2) is 0 Å². The van der Waals surface area contributed by atoms with E-state index in [1.165, 1.54) is 13.8 Å². The fraction of sp³-hybridized carbons (Fsp3) is 1.00. The fourth-order valence-corrected chi connectivity index (χ4v) is 2.19. The Labute approximate surface area is 65.5 Å². The van der Waals surface area contributed by atoms with E-state index in [0.717, 1.165) is 4.13 Å². The molecule has 0 rings (SSSR count). The predicted molar refractivity (Wildman–Crippen MR) is 38.7 cm³/mol. The Morgan fingerprint density at radius 2 is 1.55 bits per heavy atom. The quantitative estimate of drug-likeness (QED) is 0.580. The minimum atomic E-state index is -4.66. The molecule has 0 spiro atoms. The van der Waals surface area contributed by atoms with Crippen LogP contribution in [0.4, 0.5) is 0 Å². The van der Waals surface area contributed by atoms with Gasteiger partial charge in [-0.25, -0.2) is 8.42 Å². The van der Waals surface area contributed by atoms with Gasteiger partial charge in [0.05, 0.1) is 5.25 Å². The van der Waals surface area contributed by atoms with E-state index in [9.17, 15) is 16.8 Å². The van der Waals surface area contributed by atoms with Gasteiger partial charge in [-0.15, -0.1) is 0 Å². The molecule has 6 nitrogen and oxygen atoms in total. The lowest BCUT2D eigenvalue weighted by Gasteiger charge is -2.05. The molecule has 0 saturated carbocycles. The van der Waals surface area contributed by atoms with Gasteiger partial charge in [0, 0.05) is 0 Å². The second kappa shape index (κ2) is 3.05. The van der Waals surface area contributed by atoms with Crippen LogP contribution in [0.15, 0.2) is 0 Å². The van der Waals surface area contributed by atoms with Crippen LogP contribution in [-0.2, 0) is 20.3 Å². The molecule has 0 aliphatic heterocycles. The molecule has 0 atom stereocenters. The Hall–Kier alpha value is -0.180. The lowest BCUT2D eigenvalue weighted by atomic mass is 10.6. The van der Waals surface area contributed by atoms with Gasteiger partial charge in [-0.2, -0.15) is 8.42 Å². The summed E-state index contributed by atoms with van der Waals surface area (Å²) < 4.78 is 50.6. The molecule has 0 fully saturated rings. The average Bonchev–Trinajstić information content (AvgIpc) is 1.56. The van der Waals surface area contributed by atoms with E-state index < -0.39 is 25.6 Å². The van der Waals surface area contributed by atoms with Gasteiger partial charge in [0.1, 0.15) is 0 Å². The Morgan fingerprint density at radius 1 is 1.18 bits per heavy atom. The standard InChI is InChI=1S/C3H9NO5S2/c1-3(2)10(5,6)4-11(7,8)9/h3-4H,1-2H3,(H,7,8,9). The Kier molecular flexibility index (Phi) is 3.00. The molecule has 0 heterocycles. The van der Waals surface area contributed by atoms with E-state index in [-0.39, 0.29) is 0 Å². The minimum absolute atomic E-state index is 0.899. The minimum Gasteiger partial charge on any atom is -0.273 e. The summed E-state index contributed by atoms with van der Waals surface area (Å²) in [7, 11) is -8.61. The highest BCUT2D eigenvalue weighted by molar-refractivity contribution is 8.02. The van der Waals surface area contributed by atoms with Crippen LogP contribution < -0.4 is 4.13 Å². The third-order valence-corrected chi connectivity index (χ3v) is 3.85. The van der Waals surface area contributed by atoms with Crippen LogP contribution in [0.3, 0.4) is 0 Å². The molecule has 0 aliphatic carbocycles. The summed E-state index contributed by atoms with van der Waals surface area (Å²) in [6, 6.07) is 0. The largest absolute Gasteiger partial charge is 0.346 e. The highest BCUT2D eigenvalue weighted by Gasteiger charge is 2.21. The first-order valence-corrected chi connectivity index (χ1v) is 5.63. The molecule has 68 valence electrons. The van der Waals surface area contributed by atoms with E-state index in [4.69, 9.17) is 4.55 Å². The number of hydrogen-bond donors (Lipinski definition) is 2. The van der Waals surface area contributed by atoms with Gasteiger partial charge in [-0.1, -0.05) is 4.13 Å². The third kappa shape index (κ3) is 4.30. The van der Waals surface area contributed by atoms with Crippen molar-refractivity contribution < 1.29 is 21.4 Å².